The fourth-order valence-corrected chi connectivity index (χ4v) is 2.06. The van der Waals surface area contributed by atoms with Crippen LogP contribution in [0.5, 0.6) is 0 Å². The van der Waals surface area contributed by atoms with Crippen molar-refractivity contribution in [3.8, 4) is 0 Å². The summed E-state index contributed by atoms with van der Waals surface area (Å²) >= 11 is 0. The van der Waals surface area contributed by atoms with Gasteiger partial charge in [0.25, 0.3) is 5.91 Å². The van der Waals surface area contributed by atoms with Crippen LogP contribution < -0.4 is 10.6 Å². The Bertz CT molecular complexity index is 601. The highest BCUT2D eigenvalue weighted by molar-refractivity contribution is 5.91. The molecule has 2 N–H and O–H groups in total. The number of aryl methyl sites for hydroxylation is 2. The van der Waals surface area contributed by atoms with E-state index in [1.165, 1.54) is 0 Å². The molecule has 0 spiro atoms. The predicted octanol–water partition coefficient (Wildman–Crippen LogP) is 1.48. The number of aromatic nitrogens is 3. The van der Waals surface area contributed by atoms with Crippen LogP contribution in [0.3, 0.4) is 0 Å². The Hall–Kier alpha value is -2.44. The molecule has 1 amide bonds. The van der Waals surface area contributed by atoms with Gasteiger partial charge in [0.1, 0.15) is 11.6 Å². The Balaban J connectivity index is 1.99. The van der Waals surface area contributed by atoms with Crippen molar-refractivity contribution >= 4 is 11.7 Å². The van der Waals surface area contributed by atoms with Crippen molar-refractivity contribution in [1.82, 2.24) is 20.7 Å². The summed E-state index contributed by atoms with van der Waals surface area (Å²) in [4.78, 5) is 11.4. The zero-order chi connectivity index (χ0) is 15.4. The first-order valence-corrected chi connectivity index (χ1v) is 6.75. The molecule has 0 bridgehead atoms. The molecule has 2 rings (SSSR count). The van der Waals surface area contributed by atoms with Gasteiger partial charge in [-0.05, 0) is 39.3 Å². The van der Waals surface area contributed by atoms with Crippen molar-refractivity contribution in [3.63, 3.8) is 0 Å². The molecule has 112 valence electrons. The quantitative estimate of drug-likeness (QED) is 0.866. The Labute approximate surface area is 123 Å². The van der Waals surface area contributed by atoms with Gasteiger partial charge in [0.15, 0.2) is 5.69 Å². The molecule has 0 radical (unpaired) electrons. The molecule has 0 saturated heterocycles. The lowest BCUT2D eigenvalue weighted by molar-refractivity contribution is 0.0957. The van der Waals surface area contributed by atoms with Gasteiger partial charge in [-0.1, -0.05) is 5.16 Å². The first-order valence-electron chi connectivity index (χ1n) is 6.75. The average molecular weight is 289 g/mol. The number of nitrogens with zero attached hydrogens (tertiary/aromatic N) is 3. The van der Waals surface area contributed by atoms with Crippen LogP contribution in [-0.2, 0) is 6.42 Å². The van der Waals surface area contributed by atoms with Crippen LogP contribution in [0.4, 0.5) is 5.82 Å². The van der Waals surface area contributed by atoms with Crippen molar-refractivity contribution in [3.05, 3.63) is 34.8 Å². The van der Waals surface area contributed by atoms with Crippen LogP contribution in [0.2, 0.25) is 0 Å². The molecule has 21 heavy (non-hydrogen) atoms. The maximum absolute atomic E-state index is 11.4. The minimum absolute atomic E-state index is 0.141. The van der Waals surface area contributed by atoms with E-state index in [1.807, 2.05) is 20.8 Å². The van der Waals surface area contributed by atoms with E-state index >= 15 is 0 Å². The van der Waals surface area contributed by atoms with E-state index < -0.39 is 0 Å². The van der Waals surface area contributed by atoms with Crippen molar-refractivity contribution in [2.75, 3.05) is 12.4 Å². The number of anilines is 1. The van der Waals surface area contributed by atoms with Gasteiger partial charge < -0.3 is 15.2 Å². The third kappa shape index (κ3) is 3.56. The van der Waals surface area contributed by atoms with E-state index in [4.69, 9.17) is 4.52 Å². The number of carbonyl (C=O) groups is 1. The second-order valence-electron chi connectivity index (χ2n) is 4.94. The third-order valence-corrected chi connectivity index (χ3v) is 3.21. The standard InChI is InChI=1S/C14H19N5O2/c1-8(7-11-9(2)19-21-10(11)3)16-13-6-5-12(17-18-13)14(20)15-4/h5-6,8H,7H2,1-4H3,(H,15,20)(H,16,18). The summed E-state index contributed by atoms with van der Waals surface area (Å²) in [5.74, 6) is 1.21. The van der Waals surface area contributed by atoms with Gasteiger partial charge in [0.05, 0.1) is 5.69 Å². The maximum Gasteiger partial charge on any atom is 0.271 e. The summed E-state index contributed by atoms with van der Waals surface area (Å²) < 4.78 is 5.15. The fourth-order valence-electron chi connectivity index (χ4n) is 2.06. The molecule has 0 aromatic carbocycles. The van der Waals surface area contributed by atoms with Crippen molar-refractivity contribution in [2.24, 2.45) is 0 Å². The van der Waals surface area contributed by atoms with Gasteiger partial charge in [0.2, 0.25) is 0 Å². The van der Waals surface area contributed by atoms with Gasteiger partial charge >= 0.3 is 0 Å². The van der Waals surface area contributed by atoms with Crippen molar-refractivity contribution in [2.45, 2.75) is 33.2 Å². The molecular formula is C14H19N5O2. The molecule has 2 heterocycles. The SMILES string of the molecule is CNC(=O)c1ccc(NC(C)Cc2c(C)noc2C)nn1. The molecule has 2 aromatic rings. The Kier molecular flexibility index (Phi) is 4.52. The summed E-state index contributed by atoms with van der Waals surface area (Å²) in [7, 11) is 1.56. The molecule has 0 aliphatic heterocycles. The lowest BCUT2D eigenvalue weighted by Gasteiger charge is -2.13. The van der Waals surface area contributed by atoms with Gasteiger partial charge in [-0.3, -0.25) is 4.79 Å². The highest BCUT2D eigenvalue weighted by atomic mass is 16.5. The lowest BCUT2D eigenvalue weighted by Crippen LogP contribution is -2.22. The zero-order valence-electron chi connectivity index (χ0n) is 12.6. The Morgan fingerprint density at radius 3 is 2.62 bits per heavy atom. The summed E-state index contributed by atoms with van der Waals surface area (Å²) in [6, 6.07) is 3.51. The summed E-state index contributed by atoms with van der Waals surface area (Å²) in [5.41, 5.74) is 2.30. The van der Waals surface area contributed by atoms with E-state index in [1.54, 1.807) is 19.2 Å². The first kappa shape index (κ1) is 15.0. The second kappa shape index (κ2) is 6.34. The predicted molar refractivity (Wildman–Crippen MR) is 78.2 cm³/mol. The van der Waals surface area contributed by atoms with Gasteiger partial charge in [-0.2, -0.15) is 0 Å². The molecule has 7 nitrogen and oxygen atoms in total. The monoisotopic (exact) mass is 289 g/mol. The van der Waals surface area contributed by atoms with E-state index in [-0.39, 0.29) is 11.9 Å². The minimum atomic E-state index is -0.252. The van der Waals surface area contributed by atoms with Crippen LogP contribution >= 0.6 is 0 Å². The second-order valence-corrected chi connectivity index (χ2v) is 4.94. The molecule has 1 atom stereocenters. The van der Waals surface area contributed by atoms with E-state index in [9.17, 15) is 4.79 Å². The number of carbonyl (C=O) groups excluding carboxylic acids is 1. The first-order chi connectivity index (χ1) is 10.0. The van der Waals surface area contributed by atoms with Crippen molar-refractivity contribution < 1.29 is 9.32 Å². The van der Waals surface area contributed by atoms with Gasteiger partial charge in [0, 0.05) is 18.7 Å². The third-order valence-electron chi connectivity index (χ3n) is 3.21. The van der Waals surface area contributed by atoms with E-state index in [2.05, 4.69) is 26.0 Å². The molecule has 0 fully saturated rings. The van der Waals surface area contributed by atoms with Crippen LogP contribution in [0, 0.1) is 13.8 Å². The Morgan fingerprint density at radius 1 is 1.33 bits per heavy atom. The number of hydrogen-bond acceptors (Lipinski definition) is 6. The smallest absolute Gasteiger partial charge is 0.271 e. The zero-order valence-corrected chi connectivity index (χ0v) is 12.6. The topological polar surface area (TPSA) is 92.9 Å². The number of rotatable bonds is 5. The molecule has 2 aromatic heterocycles. The molecule has 0 aliphatic carbocycles. The minimum Gasteiger partial charge on any atom is -0.366 e. The maximum atomic E-state index is 11.4. The summed E-state index contributed by atoms with van der Waals surface area (Å²) in [6.07, 6.45) is 0.778. The normalized spacial score (nSPS) is 12.0. The van der Waals surface area contributed by atoms with Crippen molar-refractivity contribution in [1.29, 1.82) is 0 Å². The molecule has 7 heteroatoms. The largest absolute Gasteiger partial charge is 0.366 e. The van der Waals surface area contributed by atoms with Gasteiger partial charge in [-0.25, -0.2) is 0 Å². The van der Waals surface area contributed by atoms with E-state index in [0.29, 0.717) is 11.5 Å². The molecule has 0 saturated carbocycles. The fraction of sp³-hybridized carbons (Fsp3) is 0.429. The molecule has 1 unspecified atom stereocenters. The summed E-state index contributed by atoms with van der Waals surface area (Å²) in [6.45, 7) is 5.87. The van der Waals surface area contributed by atoms with E-state index in [0.717, 1.165) is 23.4 Å². The summed E-state index contributed by atoms with van der Waals surface area (Å²) in [5, 5.41) is 17.6. The van der Waals surface area contributed by atoms with Crippen LogP contribution in [0.25, 0.3) is 0 Å². The average Bonchev–Trinajstić information content (AvgIpc) is 2.79. The van der Waals surface area contributed by atoms with Crippen LogP contribution in [0.15, 0.2) is 16.7 Å². The molecular weight excluding hydrogens is 270 g/mol. The Morgan fingerprint density at radius 2 is 2.10 bits per heavy atom. The van der Waals surface area contributed by atoms with Crippen LogP contribution in [0.1, 0.15) is 34.4 Å². The lowest BCUT2D eigenvalue weighted by atomic mass is 10.1. The molecule has 0 aliphatic rings. The van der Waals surface area contributed by atoms with Gasteiger partial charge in [-0.15, -0.1) is 10.2 Å². The highest BCUT2D eigenvalue weighted by Crippen LogP contribution is 2.16. The van der Waals surface area contributed by atoms with Crippen LogP contribution in [-0.4, -0.2) is 34.4 Å². The number of nitrogens with one attached hydrogen (secondary N) is 2. The number of amides is 1. The number of hydrogen-bond donors (Lipinski definition) is 2. The highest BCUT2D eigenvalue weighted by Gasteiger charge is 2.13.